The van der Waals surface area contributed by atoms with Gasteiger partial charge >= 0.3 is 0 Å². The Morgan fingerprint density at radius 1 is 1.59 bits per heavy atom. The molecule has 0 fully saturated rings. The molecular weight excluding hydrogens is 290 g/mol. The number of nitro groups is 1. The number of halogens is 1. The van der Waals surface area contributed by atoms with Crippen LogP contribution >= 0.6 is 15.9 Å². The minimum absolute atomic E-state index is 0.134. The standard InChI is InChI=1S/C10H12BrN3O3/c1-6(12)5-13-10(15)7-2-8(11)4-9(3-7)14(16)17/h2-4,6H,5,12H2,1H3,(H,13,15). The highest BCUT2D eigenvalue weighted by atomic mass is 79.9. The number of rotatable bonds is 4. The molecule has 0 aromatic heterocycles. The number of carbonyl (C=O) groups is 1. The second-order valence-corrected chi connectivity index (χ2v) is 4.56. The quantitative estimate of drug-likeness (QED) is 0.649. The van der Waals surface area contributed by atoms with Crippen molar-refractivity contribution in [3.63, 3.8) is 0 Å². The van der Waals surface area contributed by atoms with Crippen molar-refractivity contribution in [1.82, 2.24) is 5.32 Å². The van der Waals surface area contributed by atoms with Crippen molar-refractivity contribution < 1.29 is 9.72 Å². The summed E-state index contributed by atoms with van der Waals surface area (Å²) in [5, 5.41) is 13.2. The Hall–Kier alpha value is -1.47. The summed E-state index contributed by atoms with van der Waals surface area (Å²) in [6, 6.07) is 3.91. The molecule has 92 valence electrons. The number of non-ortho nitro benzene ring substituents is 1. The SMILES string of the molecule is CC(N)CNC(=O)c1cc(Br)cc([N+](=O)[O-])c1. The molecule has 1 rings (SSSR count). The number of hydrogen-bond donors (Lipinski definition) is 2. The van der Waals surface area contributed by atoms with Gasteiger partial charge in [-0.2, -0.15) is 0 Å². The molecule has 1 aromatic carbocycles. The molecule has 1 atom stereocenters. The molecule has 0 heterocycles. The van der Waals surface area contributed by atoms with Gasteiger partial charge in [0.2, 0.25) is 0 Å². The third kappa shape index (κ3) is 4.12. The average Bonchev–Trinajstić information content (AvgIpc) is 2.24. The van der Waals surface area contributed by atoms with Crippen LogP contribution in [0.15, 0.2) is 22.7 Å². The van der Waals surface area contributed by atoms with Crippen molar-refractivity contribution in [2.75, 3.05) is 6.54 Å². The second-order valence-electron chi connectivity index (χ2n) is 3.64. The Labute approximate surface area is 106 Å². The van der Waals surface area contributed by atoms with E-state index in [4.69, 9.17) is 5.73 Å². The lowest BCUT2D eigenvalue weighted by Gasteiger charge is -2.07. The van der Waals surface area contributed by atoms with Crippen LogP contribution in [0.25, 0.3) is 0 Å². The summed E-state index contributed by atoms with van der Waals surface area (Å²) in [5.74, 6) is -0.383. The number of nitrogens with two attached hydrogens (primary N) is 1. The molecule has 0 saturated carbocycles. The molecule has 0 aliphatic heterocycles. The molecule has 0 radical (unpaired) electrons. The maximum atomic E-state index is 11.7. The van der Waals surface area contributed by atoms with Crippen molar-refractivity contribution in [3.05, 3.63) is 38.3 Å². The largest absolute Gasteiger partial charge is 0.350 e. The van der Waals surface area contributed by atoms with Crippen molar-refractivity contribution in [2.24, 2.45) is 5.73 Å². The van der Waals surface area contributed by atoms with Crippen LogP contribution < -0.4 is 11.1 Å². The monoisotopic (exact) mass is 301 g/mol. The average molecular weight is 302 g/mol. The second kappa shape index (κ2) is 5.74. The van der Waals surface area contributed by atoms with E-state index in [1.165, 1.54) is 18.2 Å². The number of carbonyl (C=O) groups excluding carboxylic acids is 1. The molecule has 1 unspecified atom stereocenters. The number of nitrogens with zero attached hydrogens (tertiary/aromatic N) is 1. The minimum Gasteiger partial charge on any atom is -0.350 e. The van der Waals surface area contributed by atoms with E-state index in [-0.39, 0.29) is 23.2 Å². The first kappa shape index (κ1) is 13.6. The van der Waals surface area contributed by atoms with Crippen LogP contribution in [0.5, 0.6) is 0 Å². The highest BCUT2D eigenvalue weighted by molar-refractivity contribution is 9.10. The van der Waals surface area contributed by atoms with Crippen LogP contribution in [0.3, 0.4) is 0 Å². The molecule has 0 bridgehead atoms. The topological polar surface area (TPSA) is 98.3 Å². The summed E-state index contributed by atoms with van der Waals surface area (Å²) in [6.07, 6.45) is 0. The predicted molar refractivity (Wildman–Crippen MR) is 66.8 cm³/mol. The van der Waals surface area contributed by atoms with E-state index in [9.17, 15) is 14.9 Å². The van der Waals surface area contributed by atoms with E-state index < -0.39 is 4.92 Å². The summed E-state index contributed by atoms with van der Waals surface area (Å²) in [4.78, 5) is 21.7. The normalized spacial score (nSPS) is 11.9. The Bertz CT molecular complexity index is 448. The lowest BCUT2D eigenvalue weighted by Crippen LogP contribution is -2.35. The first-order valence-electron chi connectivity index (χ1n) is 4.89. The van der Waals surface area contributed by atoms with E-state index in [0.29, 0.717) is 11.0 Å². The molecule has 6 nitrogen and oxygen atoms in total. The van der Waals surface area contributed by atoms with Gasteiger partial charge in [-0.15, -0.1) is 0 Å². The fourth-order valence-corrected chi connectivity index (χ4v) is 1.65. The summed E-state index contributed by atoms with van der Waals surface area (Å²) < 4.78 is 0.484. The van der Waals surface area contributed by atoms with Gasteiger partial charge in [-0.25, -0.2) is 0 Å². The van der Waals surface area contributed by atoms with Gasteiger partial charge in [0.05, 0.1) is 4.92 Å². The highest BCUT2D eigenvalue weighted by Gasteiger charge is 2.13. The van der Waals surface area contributed by atoms with Crippen LogP contribution in [0.1, 0.15) is 17.3 Å². The Morgan fingerprint density at radius 2 is 2.24 bits per heavy atom. The molecule has 3 N–H and O–H groups in total. The van der Waals surface area contributed by atoms with Gasteiger partial charge in [0.25, 0.3) is 11.6 Å². The molecule has 0 saturated heterocycles. The summed E-state index contributed by atoms with van der Waals surface area (Å²) in [5.41, 5.74) is 5.59. The fraction of sp³-hybridized carbons (Fsp3) is 0.300. The minimum atomic E-state index is -0.549. The summed E-state index contributed by atoms with van der Waals surface area (Å²) in [6.45, 7) is 2.07. The Morgan fingerprint density at radius 3 is 2.76 bits per heavy atom. The maximum absolute atomic E-state index is 11.7. The predicted octanol–water partition coefficient (Wildman–Crippen LogP) is 1.43. The van der Waals surface area contributed by atoms with Crippen LogP contribution in [-0.2, 0) is 0 Å². The molecule has 1 amide bonds. The number of nitrogens with one attached hydrogen (secondary N) is 1. The summed E-state index contributed by atoms with van der Waals surface area (Å²) >= 11 is 3.12. The number of hydrogen-bond acceptors (Lipinski definition) is 4. The smallest absolute Gasteiger partial charge is 0.271 e. The molecule has 7 heteroatoms. The Kier molecular flexibility index (Phi) is 4.59. The van der Waals surface area contributed by atoms with Gasteiger partial charge < -0.3 is 11.1 Å². The van der Waals surface area contributed by atoms with Crippen LogP contribution in [-0.4, -0.2) is 23.4 Å². The first-order valence-corrected chi connectivity index (χ1v) is 5.68. The first-order chi connectivity index (χ1) is 7.90. The molecule has 0 aliphatic carbocycles. The molecule has 0 spiro atoms. The Balaban J connectivity index is 2.90. The zero-order valence-electron chi connectivity index (χ0n) is 9.14. The van der Waals surface area contributed by atoms with Crippen molar-refractivity contribution in [1.29, 1.82) is 0 Å². The third-order valence-corrected chi connectivity index (χ3v) is 2.40. The van der Waals surface area contributed by atoms with Crippen LogP contribution in [0, 0.1) is 10.1 Å². The van der Waals surface area contributed by atoms with Gasteiger partial charge in [0, 0.05) is 34.8 Å². The van der Waals surface area contributed by atoms with E-state index in [2.05, 4.69) is 21.2 Å². The van der Waals surface area contributed by atoms with Crippen LogP contribution in [0.2, 0.25) is 0 Å². The zero-order chi connectivity index (χ0) is 13.0. The zero-order valence-corrected chi connectivity index (χ0v) is 10.7. The van der Waals surface area contributed by atoms with Gasteiger partial charge in [0.15, 0.2) is 0 Å². The molecular formula is C10H12BrN3O3. The van der Waals surface area contributed by atoms with Crippen molar-refractivity contribution >= 4 is 27.5 Å². The van der Waals surface area contributed by atoms with Gasteiger partial charge in [-0.05, 0) is 13.0 Å². The lowest BCUT2D eigenvalue weighted by molar-refractivity contribution is -0.385. The number of nitro benzene ring substituents is 1. The van der Waals surface area contributed by atoms with Gasteiger partial charge in [0.1, 0.15) is 0 Å². The van der Waals surface area contributed by atoms with Crippen molar-refractivity contribution in [2.45, 2.75) is 13.0 Å². The molecule has 0 aliphatic rings. The molecule has 1 aromatic rings. The van der Waals surface area contributed by atoms with E-state index >= 15 is 0 Å². The van der Waals surface area contributed by atoms with Crippen molar-refractivity contribution in [3.8, 4) is 0 Å². The van der Waals surface area contributed by atoms with E-state index in [1.54, 1.807) is 6.92 Å². The molecule has 17 heavy (non-hydrogen) atoms. The maximum Gasteiger partial charge on any atom is 0.271 e. The van der Waals surface area contributed by atoms with Gasteiger partial charge in [-0.3, -0.25) is 14.9 Å². The van der Waals surface area contributed by atoms with E-state index in [1.807, 2.05) is 0 Å². The van der Waals surface area contributed by atoms with Crippen LogP contribution in [0.4, 0.5) is 5.69 Å². The highest BCUT2D eigenvalue weighted by Crippen LogP contribution is 2.21. The fourth-order valence-electron chi connectivity index (χ4n) is 1.17. The summed E-state index contributed by atoms with van der Waals surface area (Å²) in [7, 11) is 0. The number of amides is 1. The van der Waals surface area contributed by atoms with Gasteiger partial charge in [-0.1, -0.05) is 15.9 Å². The van der Waals surface area contributed by atoms with E-state index in [0.717, 1.165) is 0 Å². The third-order valence-electron chi connectivity index (χ3n) is 1.94. The number of benzene rings is 1. The lowest BCUT2D eigenvalue weighted by atomic mass is 10.2.